The minimum atomic E-state index is -3.45. The molecule has 3 rings (SSSR count). The van der Waals surface area contributed by atoms with Gasteiger partial charge in [-0.15, -0.1) is 0 Å². The number of rotatable bonds is 6. The van der Waals surface area contributed by atoms with E-state index in [4.69, 9.17) is 23.8 Å². The van der Waals surface area contributed by atoms with E-state index in [1.54, 1.807) is 18.2 Å². The highest BCUT2D eigenvalue weighted by Crippen LogP contribution is 2.22. The zero-order valence-corrected chi connectivity index (χ0v) is 18.1. The van der Waals surface area contributed by atoms with Crippen molar-refractivity contribution < 1.29 is 13.2 Å². The van der Waals surface area contributed by atoms with Gasteiger partial charge in [0.25, 0.3) is 0 Å². The number of thiocarbonyl (C=S) groups is 1. The highest BCUT2D eigenvalue weighted by molar-refractivity contribution is 7.89. The Morgan fingerprint density at radius 1 is 1.07 bits per heavy atom. The van der Waals surface area contributed by atoms with Crippen LogP contribution >= 0.6 is 23.8 Å². The lowest BCUT2D eigenvalue weighted by Gasteiger charge is -2.16. The summed E-state index contributed by atoms with van der Waals surface area (Å²) in [5.74, 6) is -0.226. The minimum Gasteiger partial charge on any atom is -0.332 e. The molecule has 1 aliphatic rings. The highest BCUT2D eigenvalue weighted by Gasteiger charge is 2.26. The van der Waals surface area contributed by atoms with E-state index in [9.17, 15) is 13.2 Å². The summed E-state index contributed by atoms with van der Waals surface area (Å²) in [5, 5.41) is 6.30. The van der Waals surface area contributed by atoms with Gasteiger partial charge in [0, 0.05) is 30.2 Å². The maximum atomic E-state index is 12.5. The molecule has 0 unspecified atom stereocenters. The molecule has 1 fully saturated rings. The van der Waals surface area contributed by atoms with E-state index in [2.05, 4.69) is 10.6 Å². The standard InChI is InChI=1S/C20H22ClN3O3S2/c21-18-6-2-1-5-15(18)7-12-19(25)23-20(28)22-16-8-10-17(11-9-16)29(26,27)24-13-3-4-14-24/h1-2,5-6,8-11H,3-4,7,12-14H2,(H2,22,23,25,28). The average Bonchev–Trinajstić information content (AvgIpc) is 3.23. The lowest BCUT2D eigenvalue weighted by molar-refractivity contribution is -0.119. The van der Waals surface area contributed by atoms with Crippen molar-refractivity contribution in [2.75, 3.05) is 18.4 Å². The molecule has 0 aromatic heterocycles. The summed E-state index contributed by atoms with van der Waals surface area (Å²) in [6, 6.07) is 13.7. The number of benzene rings is 2. The van der Waals surface area contributed by atoms with Gasteiger partial charge in [-0.05, 0) is 67.4 Å². The number of sulfonamides is 1. The van der Waals surface area contributed by atoms with E-state index in [0.29, 0.717) is 30.2 Å². The van der Waals surface area contributed by atoms with Crippen LogP contribution in [0, 0.1) is 0 Å². The van der Waals surface area contributed by atoms with E-state index in [1.165, 1.54) is 16.4 Å². The number of amides is 1. The zero-order chi connectivity index (χ0) is 20.9. The van der Waals surface area contributed by atoms with Gasteiger partial charge in [0.05, 0.1) is 4.90 Å². The summed E-state index contributed by atoms with van der Waals surface area (Å²) in [6.07, 6.45) is 2.54. The second-order valence-corrected chi connectivity index (χ2v) is 9.48. The molecule has 0 aliphatic carbocycles. The summed E-state index contributed by atoms with van der Waals surface area (Å²) >= 11 is 11.3. The number of hydrogen-bond acceptors (Lipinski definition) is 4. The smallest absolute Gasteiger partial charge is 0.243 e. The first kappa shape index (κ1) is 21.7. The lowest BCUT2D eigenvalue weighted by atomic mass is 10.1. The Hall–Kier alpha value is -2.00. The number of nitrogens with zero attached hydrogens (tertiary/aromatic N) is 1. The molecule has 6 nitrogen and oxygen atoms in total. The van der Waals surface area contributed by atoms with Crippen LogP contribution in [0.4, 0.5) is 5.69 Å². The molecule has 1 aliphatic heterocycles. The number of aryl methyl sites for hydroxylation is 1. The largest absolute Gasteiger partial charge is 0.332 e. The van der Waals surface area contributed by atoms with Crippen molar-refractivity contribution >= 4 is 50.5 Å². The number of hydrogen-bond donors (Lipinski definition) is 2. The molecule has 2 aromatic rings. The molecule has 1 amide bonds. The van der Waals surface area contributed by atoms with Crippen LogP contribution < -0.4 is 10.6 Å². The normalized spacial score (nSPS) is 14.5. The maximum Gasteiger partial charge on any atom is 0.243 e. The molecule has 29 heavy (non-hydrogen) atoms. The van der Waals surface area contributed by atoms with Crippen LogP contribution in [-0.2, 0) is 21.2 Å². The van der Waals surface area contributed by atoms with Crippen molar-refractivity contribution in [3.8, 4) is 0 Å². The van der Waals surface area contributed by atoms with Gasteiger partial charge in [-0.2, -0.15) is 4.31 Å². The van der Waals surface area contributed by atoms with Crippen LogP contribution in [-0.4, -0.2) is 36.8 Å². The number of anilines is 1. The summed E-state index contributed by atoms with van der Waals surface area (Å²) in [4.78, 5) is 12.3. The first-order valence-corrected chi connectivity index (χ1v) is 11.5. The number of halogens is 1. The van der Waals surface area contributed by atoms with Gasteiger partial charge in [-0.1, -0.05) is 29.8 Å². The quantitative estimate of drug-likeness (QED) is 0.656. The van der Waals surface area contributed by atoms with Crippen molar-refractivity contribution in [2.24, 2.45) is 0 Å². The minimum absolute atomic E-state index is 0.157. The third-order valence-electron chi connectivity index (χ3n) is 4.65. The fourth-order valence-corrected chi connectivity index (χ4v) is 5.07. The summed E-state index contributed by atoms with van der Waals surface area (Å²) < 4.78 is 26.6. The predicted molar refractivity (Wildman–Crippen MR) is 119 cm³/mol. The Balaban J connectivity index is 1.51. The Morgan fingerprint density at radius 3 is 2.38 bits per heavy atom. The van der Waals surface area contributed by atoms with Gasteiger partial charge in [0.2, 0.25) is 15.9 Å². The molecule has 0 atom stereocenters. The summed E-state index contributed by atoms with van der Waals surface area (Å²) in [7, 11) is -3.45. The van der Waals surface area contributed by atoms with Gasteiger partial charge >= 0.3 is 0 Å². The van der Waals surface area contributed by atoms with Gasteiger partial charge in [0.1, 0.15) is 0 Å². The molecule has 2 N–H and O–H groups in total. The van der Waals surface area contributed by atoms with Crippen LogP contribution in [0.2, 0.25) is 5.02 Å². The fourth-order valence-electron chi connectivity index (χ4n) is 3.09. The highest BCUT2D eigenvalue weighted by atomic mass is 35.5. The Labute approximate surface area is 181 Å². The molecule has 154 valence electrons. The van der Waals surface area contributed by atoms with Crippen LogP contribution in [0.25, 0.3) is 0 Å². The van der Waals surface area contributed by atoms with Crippen LogP contribution in [0.1, 0.15) is 24.8 Å². The first-order chi connectivity index (χ1) is 13.9. The summed E-state index contributed by atoms with van der Waals surface area (Å²) in [6.45, 7) is 1.12. The number of carbonyl (C=O) groups excluding carboxylic acids is 1. The molecular formula is C20H22ClN3O3S2. The maximum absolute atomic E-state index is 12.5. The van der Waals surface area contributed by atoms with Gasteiger partial charge in [0.15, 0.2) is 5.11 Å². The number of nitrogens with one attached hydrogen (secondary N) is 2. The van der Waals surface area contributed by atoms with Crippen molar-refractivity contribution in [2.45, 2.75) is 30.6 Å². The molecule has 0 bridgehead atoms. The van der Waals surface area contributed by atoms with E-state index in [-0.39, 0.29) is 22.3 Å². The molecule has 1 heterocycles. The van der Waals surface area contributed by atoms with Gasteiger partial charge in [-0.3, -0.25) is 4.79 Å². The van der Waals surface area contributed by atoms with Crippen molar-refractivity contribution in [1.82, 2.24) is 9.62 Å². The lowest BCUT2D eigenvalue weighted by Crippen LogP contribution is -2.34. The van der Waals surface area contributed by atoms with E-state index in [0.717, 1.165) is 18.4 Å². The SMILES string of the molecule is O=C(CCc1ccccc1Cl)NC(=S)Nc1ccc(S(=O)(=O)N2CCCC2)cc1. The molecule has 9 heteroatoms. The van der Waals surface area contributed by atoms with Crippen LogP contribution in [0.5, 0.6) is 0 Å². The number of carbonyl (C=O) groups is 1. The molecule has 0 saturated carbocycles. The van der Waals surface area contributed by atoms with Crippen molar-refractivity contribution in [3.63, 3.8) is 0 Å². The third-order valence-corrected chi connectivity index (χ3v) is 7.13. The Morgan fingerprint density at radius 2 is 1.72 bits per heavy atom. The van der Waals surface area contributed by atoms with E-state index >= 15 is 0 Å². The molecule has 0 radical (unpaired) electrons. The second kappa shape index (κ2) is 9.67. The summed E-state index contributed by atoms with van der Waals surface area (Å²) in [5.41, 5.74) is 1.50. The Bertz CT molecular complexity index is 988. The Kier molecular flexibility index (Phi) is 7.23. The van der Waals surface area contributed by atoms with E-state index in [1.807, 2.05) is 18.2 Å². The van der Waals surface area contributed by atoms with Crippen LogP contribution in [0.3, 0.4) is 0 Å². The third kappa shape index (κ3) is 5.76. The molecular weight excluding hydrogens is 430 g/mol. The monoisotopic (exact) mass is 451 g/mol. The molecule has 2 aromatic carbocycles. The van der Waals surface area contributed by atoms with E-state index < -0.39 is 10.0 Å². The average molecular weight is 452 g/mol. The molecule has 1 saturated heterocycles. The first-order valence-electron chi connectivity index (χ1n) is 9.31. The van der Waals surface area contributed by atoms with Gasteiger partial charge in [-0.25, -0.2) is 8.42 Å². The zero-order valence-electron chi connectivity index (χ0n) is 15.7. The molecule has 0 spiro atoms. The van der Waals surface area contributed by atoms with Crippen LogP contribution in [0.15, 0.2) is 53.4 Å². The van der Waals surface area contributed by atoms with Crippen molar-refractivity contribution in [3.05, 3.63) is 59.1 Å². The topological polar surface area (TPSA) is 78.5 Å². The predicted octanol–water partition coefficient (Wildman–Crippen LogP) is 3.57. The van der Waals surface area contributed by atoms with Gasteiger partial charge < -0.3 is 10.6 Å². The fraction of sp³-hybridized carbons (Fsp3) is 0.300. The van der Waals surface area contributed by atoms with Crippen molar-refractivity contribution in [1.29, 1.82) is 0 Å². The second-order valence-electron chi connectivity index (χ2n) is 6.73.